The lowest BCUT2D eigenvalue weighted by molar-refractivity contribution is 0.100. The predicted molar refractivity (Wildman–Crippen MR) is 50.3 cm³/mol. The van der Waals surface area contributed by atoms with E-state index >= 15 is 0 Å². The zero-order valence-corrected chi connectivity index (χ0v) is 8.39. The van der Waals surface area contributed by atoms with Crippen LogP contribution in [0.4, 0.5) is 0 Å². The van der Waals surface area contributed by atoms with Crippen molar-refractivity contribution in [2.75, 3.05) is 6.54 Å². The Bertz CT molecular complexity index is 316. The average Bonchev–Trinajstić information content (AvgIpc) is 2.08. The molecule has 5 heteroatoms. The second-order valence-corrected chi connectivity index (χ2v) is 3.36. The topological polar surface area (TPSA) is 56.0 Å². The maximum atomic E-state index is 11.1. The largest absolute Gasteiger partial charge is 0.324 e. The van der Waals surface area contributed by atoms with Crippen LogP contribution in [0.1, 0.15) is 10.4 Å². The molecule has 0 unspecified atom stereocenters. The van der Waals surface area contributed by atoms with E-state index < -0.39 is 0 Å². The standard InChI is InChI=1S/C7H6BrClN2O/c8-5-3-11-7(9)1-4(5)6(12)2-10/h1,3H,2,10H2. The number of aromatic nitrogens is 1. The summed E-state index contributed by atoms with van der Waals surface area (Å²) < 4.78 is 0.613. The first-order chi connectivity index (χ1) is 5.65. The van der Waals surface area contributed by atoms with E-state index in [2.05, 4.69) is 20.9 Å². The van der Waals surface area contributed by atoms with Crippen molar-refractivity contribution in [3.8, 4) is 0 Å². The minimum Gasteiger partial charge on any atom is -0.324 e. The van der Waals surface area contributed by atoms with Crippen molar-refractivity contribution in [1.29, 1.82) is 0 Å². The third-order valence-electron chi connectivity index (χ3n) is 1.31. The van der Waals surface area contributed by atoms with Gasteiger partial charge in [-0.3, -0.25) is 4.79 Å². The fourth-order valence-electron chi connectivity index (χ4n) is 0.737. The number of nitrogens with two attached hydrogens (primary N) is 1. The van der Waals surface area contributed by atoms with Gasteiger partial charge in [-0.1, -0.05) is 11.6 Å². The fourth-order valence-corrected chi connectivity index (χ4v) is 1.33. The van der Waals surface area contributed by atoms with Crippen molar-refractivity contribution in [2.24, 2.45) is 5.73 Å². The zero-order valence-electron chi connectivity index (χ0n) is 6.05. The van der Waals surface area contributed by atoms with Crippen LogP contribution in [-0.4, -0.2) is 17.3 Å². The van der Waals surface area contributed by atoms with Crippen LogP contribution in [-0.2, 0) is 0 Å². The van der Waals surface area contributed by atoms with Gasteiger partial charge in [-0.05, 0) is 22.0 Å². The summed E-state index contributed by atoms with van der Waals surface area (Å²) in [7, 11) is 0. The van der Waals surface area contributed by atoms with Crippen molar-refractivity contribution >= 4 is 33.3 Å². The molecule has 64 valence electrons. The molecule has 0 bridgehead atoms. The molecule has 1 heterocycles. The van der Waals surface area contributed by atoms with E-state index in [0.29, 0.717) is 10.0 Å². The number of rotatable bonds is 2. The Morgan fingerprint density at radius 2 is 2.42 bits per heavy atom. The molecule has 0 saturated heterocycles. The number of ketones is 1. The van der Waals surface area contributed by atoms with Crippen LogP contribution in [0.15, 0.2) is 16.7 Å². The van der Waals surface area contributed by atoms with E-state index in [4.69, 9.17) is 17.3 Å². The molecule has 0 aliphatic rings. The molecule has 1 rings (SSSR count). The molecule has 0 aliphatic heterocycles. The van der Waals surface area contributed by atoms with Crippen LogP contribution >= 0.6 is 27.5 Å². The summed E-state index contributed by atoms with van der Waals surface area (Å²) in [5, 5.41) is 0.287. The fraction of sp³-hybridized carbons (Fsp3) is 0.143. The highest BCUT2D eigenvalue weighted by Crippen LogP contribution is 2.18. The van der Waals surface area contributed by atoms with Crippen molar-refractivity contribution in [3.05, 3.63) is 27.5 Å². The second kappa shape index (κ2) is 3.98. The van der Waals surface area contributed by atoms with Crippen molar-refractivity contribution in [2.45, 2.75) is 0 Å². The quantitative estimate of drug-likeness (QED) is 0.640. The van der Waals surface area contributed by atoms with Crippen LogP contribution < -0.4 is 5.73 Å². The van der Waals surface area contributed by atoms with E-state index in [0.717, 1.165) is 0 Å². The van der Waals surface area contributed by atoms with Crippen LogP contribution in [0.3, 0.4) is 0 Å². The van der Waals surface area contributed by atoms with Gasteiger partial charge in [0.15, 0.2) is 5.78 Å². The van der Waals surface area contributed by atoms with Gasteiger partial charge in [-0.2, -0.15) is 0 Å². The lowest BCUT2D eigenvalue weighted by Gasteiger charge is -2.00. The van der Waals surface area contributed by atoms with Gasteiger partial charge in [0.1, 0.15) is 5.15 Å². The Balaban J connectivity index is 3.13. The van der Waals surface area contributed by atoms with Gasteiger partial charge in [0, 0.05) is 16.2 Å². The summed E-state index contributed by atoms with van der Waals surface area (Å²) in [4.78, 5) is 14.9. The molecule has 3 nitrogen and oxygen atoms in total. The molecule has 0 atom stereocenters. The van der Waals surface area contributed by atoms with Gasteiger partial charge in [0.05, 0.1) is 6.54 Å². The number of carbonyl (C=O) groups is 1. The Hall–Kier alpha value is -0.450. The first kappa shape index (κ1) is 9.64. The highest BCUT2D eigenvalue weighted by atomic mass is 79.9. The van der Waals surface area contributed by atoms with E-state index in [1.54, 1.807) is 0 Å². The normalized spacial score (nSPS) is 9.92. The van der Waals surface area contributed by atoms with E-state index in [1.807, 2.05) is 0 Å². The third-order valence-corrected chi connectivity index (χ3v) is 2.15. The van der Waals surface area contributed by atoms with Crippen LogP contribution in [0.5, 0.6) is 0 Å². The molecule has 0 radical (unpaired) electrons. The van der Waals surface area contributed by atoms with Crippen molar-refractivity contribution in [3.63, 3.8) is 0 Å². The molecule has 0 spiro atoms. The zero-order chi connectivity index (χ0) is 9.14. The molecule has 0 saturated carbocycles. The Morgan fingerprint density at radius 1 is 1.75 bits per heavy atom. The maximum Gasteiger partial charge on any atom is 0.177 e. The number of nitrogens with zero attached hydrogens (tertiary/aromatic N) is 1. The first-order valence-electron chi connectivity index (χ1n) is 3.19. The number of halogens is 2. The second-order valence-electron chi connectivity index (χ2n) is 2.11. The van der Waals surface area contributed by atoms with Gasteiger partial charge in [-0.15, -0.1) is 0 Å². The monoisotopic (exact) mass is 248 g/mol. The molecule has 1 aromatic rings. The summed E-state index contributed by atoms with van der Waals surface area (Å²) in [6, 6.07) is 1.49. The van der Waals surface area contributed by atoms with Crippen LogP contribution in [0, 0.1) is 0 Å². The van der Waals surface area contributed by atoms with Crippen LogP contribution in [0.2, 0.25) is 5.15 Å². The molecule has 1 aromatic heterocycles. The highest BCUT2D eigenvalue weighted by molar-refractivity contribution is 9.10. The molecule has 0 fully saturated rings. The average molecular weight is 249 g/mol. The van der Waals surface area contributed by atoms with Gasteiger partial charge in [-0.25, -0.2) is 4.98 Å². The minimum atomic E-state index is -0.161. The summed E-state index contributed by atoms with van der Waals surface area (Å²) in [6.45, 7) is -0.0288. The van der Waals surface area contributed by atoms with Gasteiger partial charge < -0.3 is 5.73 Å². The smallest absolute Gasteiger partial charge is 0.177 e. The molecular weight excluding hydrogens is 243 g/mol. The highest BCUT2D eigenvalue weighted by Gasteiger charge is 2.08. The summed E-state index contributed by atoms with van der Waals surface area (Å²) in [6.07, 6.45) is 1.48. The lowest BCUT2D eigenvalue weighted by atomic mass is 10.2. The summed E-state index contributed by atoms with van der Waals surface area (Å²) in [5.74, 6) is -0.161. The number of carbonyl (C=O) groups excluding carboxylic acids is 1. The summed E-state index contributed by atoms with van der Waals surface area (Å²) >= 11 is 8.77. The molecule has 2 N–H and O–H groups in total. The maximum absolute atomic E-state index is 11.1. The van der Waals surface area contributed by atoms with E-state index in [-0.39, 0.29) is 17.5 Å². The number of pyridine rings is 1. The molecule has 0 aliphatic carbocycles. The third kappa shape index (κ3) is 2.03. The van der Waals surface area contributed by atoms with E-state index in [1.165, 1.54) is 12.3 Å². The van der Waals surface area contributed by atoms with Gasteiger partial charge in [0.25, 0.3) is 0 Å². The predicted octanol–water partition coefficient (Wildman–Crippen LogP) is 1.64. The minimum absolute atomic E-state index is 0.0288. The Kier molecular flexibility index (Phi) is 3.20. The number of hydrogen-bond acceptors (Lipinski definition) is 3. The van der Waals surface area contributed by atoms with Gasteiger partial charge >= 0.3 is 0 Å². The van der Waals surface area contributed by atoms with Crippen LogP contribution in [0.25, 0.3) is 0 Å². The van der Waals surface area contributed by atoms with Crippen molar-refractivity contribution in [1.82, 2.24) is 4.98 Å². The van der Waals surface area contributed by atoms with Gasteiger partial charge in [0.2, 0.25) is 0 Å². The lowest BCUT2D eigenvalue weighted by Crippen LogP contribution is -2.14. The van der Waals surface area contributed by atoms with Crippen molar-refractivity contribution < 1.29 is 4.79 Å². The molecule has 0 aromatic carbocycles. The Morgan fingerprint density at radius 3 is 3.00 bits per heavy atom. The molecular formula is C7H6BrClN2O. The van der Waals surface area contributed by atoms with E-state index in [9.17, 15) is 4.79 Å². The number of hydrogen-bond donors (Lipinski definition) is 1. The Labute approximate surface area is 83.1 Å². The summed E-state index contributed by atoms with van der Waals surface area (Å²) in [5.41, 5.74) is 5.66. The SMILES string of the molecule is NCC(=O)c1cc(Cl)ncc1Br. The number of Topliss-reactive ketones (excluding diaryl/α,β-unsaturated/α-hetero) is 1. The molecule has 12 heavy (non-hydrogen) atoms. The molecule has 0 amide bonds. The first-order valence-corrected chi connectivity index (χ1v) is 4.36.